The predicted molar refractivity (Wildman–Crippen MR) is 80.1 cm³/mol. The van der Waals surface area contributed by atoms with Crippen molar-refractivity contribution in [2.45, 2.75) is 57.7 Å². The number of hydrogen-bond acceptors (Lipinski definition) is 6. The summed E-state index contributed by atoms with van der Waals surface area (Å²) in [6, 6.07) is -2.16. The van der Waals surface area contributed by atoms with Crippen molar-refractivity contribution >= 4 is 18.0 Å². The Morgan fingerprint density at radius 1 is 1.36 bits per heavy atom. The molecule has 0 bridgehead atoms. The van der Waals surface area contributed by atoms with Crippen molar-refractivity contribution in [1.29, 1.82) is 0 Å². The molecule has 22 heavy (non-hydrogen) atoms. The van der Waals surface area contributed by atoms with E-state index in [0.717, 1.165) is 0 Å². The molecule has 0 heterocycles. The van der Waals surface area contributed by atoms with Crippen molar-refractivity contribution in [3.63, 3.8) is 0 Å². The molecule has 0 aliphatic carbocycles. The van der Waals surface area contributed by atoms with Gasteiger partial charge in [0, 0.05) is 0 Å². The monoisotopic (exact) mass is 315 g/mol. The second-order valence-electron chi connectivity index (χ2n) is 5.84. The number of hydrogen-bond donors (Lipinski definition) is 3. The number of rotatable bonds is 10. The van der Waals surface area contributed by atoms with Gasteiger partial charge in [-0.25, -0.2) is 9.59 Å². The van der Waals surface area contributed by atoms with E-state index < -0.39 is 29.6 Å². The molecule has 2 atom stereocenters. The number of carbonyl (C=O) groups is 2. The number of ether oxygens (including phenoxy) is 1. The van der Waals surface area contributed by atoms with Crippen LogP contribution in [0.25, 0.3) is 0 Å². The Morgan fingerprint density at radius 3 is 2.45 bits per heavy atom. The summed E-state index contributed by atoms with van der Waals surface area (Å²) in [6.07, 6.45) is 2.94. The number of nitrogens with zero attached hydrogens (tertiary/aromatic N) is 1. The highest BCUT2D eigenvalue weighted by molar-refractivity contribution is 5.87. The van der Waals surface area contributed by atoms with E-state index in [1.807, 2.05) is 0 Å². The lowest BCUT2D eigenvalue weighted by atomic mass is 10.1. The van der Waals surface area contributed by atoms with Crippen LogP contribution in [0.4, 0.5) is 0 Å². The lowest BCUT2D eigenvalue weighted by Gasteiger charge is -2.23. The fraction of sp³-hybridized carbons (Fsp3) is 0.786. The molecule has 126 valence electrons. The number of isocyanates is 1. The van der Waals surface area contributed by atoms with Crippen molar-refractivity contribution in [2.75, 3.05) is 13.2 Å². The maximum atomic E-state index is 12.0. The highest BCUT2D eigenvalue weighted by atomic mass is 16.5. The summed E-state index contributed by atoms with van der Waals surface area (Å²) in [5.41, 5.74) is 4.83. The Kier molecular flexibility index (Phi) is 9.24. The van der Waals surface area contributed by atoms with Crippen molar-refractivity contribution in [3.05, 3.63) is 0 Å². The van der Waals surface area contributed by atoms with E-state index in [1.165, 1.54) is 6.08 Å². The molecule has 0 aliphatic rings. The highest BCUT2D eigenvalue weighted by Crippen LogP contribution is 2.08. The zero-order chi connectivity index (χ0) is 17.2. The van der Waals surface area contributed by atoms with Crippen LogP contribution in [0.5, 0.6) is 0 Å². The Hall–Kier alpha value is -1.76. The second kappa shape index (κ2) is 10.0. The minimum absolute atomic E-state index is 0.176. The molecular formula is C14H25N3O5. The van der Waals surface area contributed by atoms with E-state index in [0.29, 0.717) is 25.8 Å². The van der Waals surface area contributed by atoms with Gasteiger partial charge in [0.25, 0.3) is 0 Å². The van der Waals surface area contributed by atoms with Gasteiger partial charge in [-0.2, -0.15) is 4.99 Å². The molecule has 0 aromatic carbocycles. The lowest BCUT2D eigenvalue weighted by molar-refractivity contribution is -0.145. The minimum atomic E-state index is -1.21. The first-order valence-electron chi connectivity index (χ1n) is 7.15. The molecule has 0 unspecified atom stereocenters. The number of carboxylic acid groups (broad SMARTS) is 1. The second-order valence-corrected chi connectivity index (χ2v) is 5.84. The minimum Gasteiger partial charge on any atom is -0.480 e. The summed E-state index contributed by atoms with van der Waals surface area (Å²) in [6.45, 7) is 5.63. The Balaban J connectivity index is 4.68. The van der Waals surface area contributed by atoms with Gasteiger partial charge in [-0.1, -0.05) is 0 Å². The molecule has 8 heteroatoms. The van der Waals surface area contributed by atoms with Crippen LogP contribution in [0.1, 0.15) is 40.0 Å². The molecule has 4 N–H and O–H groups in total. The van der Waals surface area contributed by atoms with Crippen LogP contribution in [-0.2, 0) is 19.1 Å². The molecule has 0 fully saturated rings. The van der Waals surface area contributed by atoms with E-state index in [2.05, 4.69) is 10.3 Å². The van der Waals surface area contributed by atoms with Crippen molar-refractivity contribution in [2.24, 2.45) is 10.7 Å². The third-order valence-electron chi connectivity index (χ3n) is 2.74. The van der Waals surface area contributed by atoms with Gasteiger partial charge in [-0.05, 0) is 46.6 Å². The molecule has 8 nitrogen and oxygen atoms in total. The summed E-state index contributed by atoms with van der Waals surface area (Å²) >= 11 is 0. The summed E-state index contributed by atoms with van der Waals surface area (Å²) < 4.78 is 5.37. The maximum Gasteiger partial charge on any atom is 0.328 e. The highest BCUT2D eigenvalue weighted by Gasteiger charge is 2.26. The molecule has 0 spiro atoms. The van der Waals surface area contributed by atoms with Crippen molar-refractivity contribution in [1.82, 2.24) is 5.32 Å². The summed E-state index contributed by atoms with van der Waals surface area (Å²) in [7, 11) is 0. The molecule has 1 amide bonds. The van der Waals surface area contributed by atoms with Gasteiger partial charge in [0.15, 0.2) is 6.04 Å². The molecule has 0 saturated heterocycles. The van der Waals surface area contributed by atoms with E-state index in [4.69, 9.17) is 15.6 Å². The molecular weight excluding hydrogens is 290 g/mol. The fourth-order valence-electron chi connectivity index (χ4n) is 1.58. The number of nitrogens with one attached hydrogen (secondary N) is 1. The number of aliphatic carboxylic acids is 1. The molecule has 0 aromatic rings. The van der Waals surface area contributed by atoms with Crippen LogP contribution in [0, 0.1) is 0 Å². The normalized spacial score (nSPS) is 13.8. The first kappa shape index (κ1) is 20.2. The summed E-state index contributed by atoms with van der Waals surface area (Å²) in [5.74, 6) is -1.85. The SMILES string of the molecule is CC(C)(C)OC[C@H](NC(=O)[C@H](CCCCN)N=C=O)C(=O)O. The first-order valence-corrected chi connectivity index (χ1v) is 7.15. The first-order chi connectivity index (χ1) is 10.2. The average Bonchev–Trinajstić information content (AvgIpc) is 2.41. The lowest BCUT2D eigenvalue weighted by Crippen LogP contribution is -2.48. The number of aliphatic imine (C=N–C) groups is 1. The number of unbranched alkanes of at least 4 members (excludes halogenated alkanes) is 1. The topological polar surface area (TPSA) is 131 Å². The number of carbonyl (C=O) groups excluding carboxylic acids is 2. The zero-order valence-electron chi connectivity index (χ0n) is 13.3. The number of carboxylic acids is 1. The molecule has 0 aliphatic heterocycles. The Bertz CT molecular complexity index is 413. The third-order valence-corrected chi connectivity index (χ3v) is 2.74. The Labute approximate surface area is 130 Å². The van der Waals surface area contributed by atoms with Gasteiger partial charge < -0.3 is 20.9 Å². The fourth-order valence-corrected chi connectivity index (χ4v) is 1.58. The molecule has 0 radical (unpaired) electrons. The standard InChI is InChI=1S/C14H25N3O5/c1-14(2,3)22-8-11(13(20)21)17-12(19)10(16-9-18)6-4-5-7-15/h10-11H,4-8,15H2,1-3H3,(H,17,19)(H,20,21)/t10-,11-/m0/s1. The van der Waals surface area contributed by atoms with E-state index in [9.17, 15) is 14.4 Å². The van der Waals surface area contributed by atoms with Crippen LogP contribution in [-0.4, -0.2) is 53.9 Å². The van der Waals surface area contributed by atoms with Crippen LogP contribution in [0.15, 0.2) is 4.99 Å². The van der Waals surface area contributed by atoms with Crippen LogP contribution >= 0.6 is 0 Å². The molecule has 0 saturated carbocycles. The third kappa shape index (κ3) is 9.23. The van der Waals surface area contributed by atoms with E-state index >= 15 is 0 Å². The van der Waals surface area contributed by atoms with Gasteiger partial charge in [-0.15, -0.1) is 0 Å². The van der Waals surface area contributed by atoms with Crippen molar-refractivity contribution < 1.29 is 24.2 Å². The number of nitrogens with two attached hydrogens (primary N) is 1. The average molecular weight is 315 g/mol. The van der Waals surface area contributed by atoms with Gasteiger partial charge in [0.2, 0.25) is 12.0 Å². The van der Waals surface area contributed by atoms with Gasteiger partial charge in [0.05, 0.1) is 12.2 Å². The van der Waals surface area contributed by atoms with Crippen LogP contribution in [0.3, 0.4) is 0 Å². The van der Waals surface area contributed by atoms with Gasteiger partial charge in [-0.3, -0.25) is 4.79 Å². The maximum absolute atomic E-state index is 12.0. The van der Waals surface area contributed by atoms with Crippen LogP contribution < -0.4 is 11.1 Å². The quantitative estimate of drug-likeness (QED) is 0.300. The number of amides is 1. The zero-order valence-corrected chi connectivity index (χ0v) is 13.3. The summed E-state index contributed by atoms with van der Waals surface area (Å²) in [5, 5.41) is 11.5. The predicted octanol–water partition coefficient (Wildman–Crippen LogP) is 0.204. The Morgan fingerprint density at radius 2 is 2.00 bits per heavy atom. The summed E-state index contributed by atoms with van der Waals surface area (Å²) in [4.78, 5) is 37.0. The van der Waals surface area contributed by atoms with E-state index in [1.54, 1.807) is 20.8 Å². The van der Waals surface area contributed by atoms with Gasteiger partial charge in [0.1, 0.15) is 6.04 Å². The largest absolute Gasteiger partial charge is 0.480 e. The van der Waals surface area contributed by atoms with Crippen molar-refractivity contribution in [3.8, 4) is 0 Å². The smallest absolute Gasteiger partial charge is 0.328 e. The molecule has 0 aromatic heterocycles. The van der Waals surface area contributed by atoms with E-state index in [-0.39, 0.29) is 6.61 Å². The van der Waals surface area contributed by atoms with Gasteiger partial charge >= 0.3 is 5.97 Å². The van der Waals surface area contributed by atoms with Crippen LogP contribution in [0.2, 0.25) is 0 Å². The molecule has 0 rings (SSSR count).